The minimum absolute atomic E-state index is 0.0964. The fourth-order valence-electron chi connectivity index (χ4n) is 2.10. The van der Waals surface area contributed by atoms with E-state index in [1.54, 1.807) is 7.11 Å². The zero-order valence-electron chi connectivity index (χ0n) is 12.7. The van der Waals surface area contributed by atoms with Gasteiger partial charge in [-0.2, -0.15) is 0 Å². The van der Waals surface area contributed by atoms with E-state index in [-0.39, 0.29) is 6.04 Å². The number of benzene rings is 2. The summed E-state index contributed by atoms with van der Waals surface area (Å²) in [5.74, 6) is 1.66. The minimum Gasteiger partial charge on any atom is -0.457 e. The topological polar surface area (TPSA) is 44.5 Å². The van der Waals surface area contributed by atoms with E-state index in [0.717, 1.165) is 36.5 Å². The average molecular weight is 285 g/mol. The molecular weight excluding hydrogens is 262 g/mol. The fraction of sp³-hybridized carbons (Fsp3) is 0.333. The summed E-state index contributed by atoms with van der Waals surface area (Å²) < 4.78 is 10.9. The van der Waals surface area contributed by atoms with Gasteiger partial charge in [0.05, 0.1) is 6.61 Å². The van der Waals surface area contributed by atoms with E-state index >= 15 is 0 Å². The molecule has 0 unspecified atom stereocenters. The van der Waals surface area contributed by atoms with Gasteiger partial charge < -0.3 is 15.2 Å². The lowest BCUT2D eigenvalue weighted by Gasteiger charge is -2.11. The first-order chi connectivity index (χ1) is 10.2. The lowest BCUT2D eigenvalue weighted by atomic mass is 10.1. The van der Waals surface area contributed by atoms with Crippen molar-refractivity contribution in [2.45, 2.75) is 25.8 Å². The second-order valence-electron chi connectivity index (χ2n) is 5.07. The standard InChI is InChI=1S/C18H23NO2/c1-3-18(19)15-6-10-17(11-7-15)21-16-8-4-14(5-9-16)12-13-20-2/h4-11,18H,3,12-13,19H2,1-2H3/t18-/m0/s1. The van der Waals surface area contributed by atoms with Crippen LogP contribution in [0.5, 0.6) is 11.5 Å². The van der Waals surface area contributed by atoms with E-state index in [2.05, 4.69) is 19.1 Å². The predicted molar refractivity (Wildman–Crippen MR) is 85.8 cm³/mol. The van der Waals surface area contributed by atoms with E-state index in [0.29, 0.717) is 0 Å². The Morgan fingerprint density at radius 2 is 1.52 bits per heavy atom. The summed E-state index contributed by atoms with van der Waals surface area (Å²) in [6, 6.07) is 16.2. The molecule has 0 aliphatic rings. The summed E-state index contributed by atoms with van der Waals surface area (Å²) in [5.41, 5.74) is 8.39. The van der Waals surface area contributed by atoms with Crippen molar-refractivity contribution in [3.05, 3.63) is 59.7 Å². The van der Waals surface area contributed by atoms with Gasteiger partial charge in [0.15, 0.2) is 0 Å². The molecule has 0 saturated carbocycles. The van der Waals surface area contributed by atoms with Gasteiger partial charge in [-0.05, 0) is 48.2 Å². The molecule has 21 heavy (non-hydrogen) atoms. The molecule has 0 heterocycles. The van der Waals surface area contributed by atoms with Crippen molar-refractivity contribution < 1.29 is 9.47 Å². The first-order valence-electron chi connectivity index (χ1n) is 7.34. The lowest BCUT2D eigenvalue weighted by Crippen LogP contribution is -2.07. The zero-order chi connectivity index (χ0) is 15.1. The van der Waals surface area contributed by atoms with E-state index in [4.69, 9.17) is 15.2 Å². The Labute approximate surface area is 126 Å². The summed E-state index contributed by atoms with van der Waals surface area (Å²) in [6.45, 7) is 2.82. The van der Waals surface area contributed by atoms with Crippen LogP contribution in [0.15, 0.2) is 48.5 Å². The molecule has 2 N–H and O–H groups in total. The van der Waals surface area contributed by atoms with Crippen LogP contribution < -0.4 is 10.5 Å². The highest BCUT2D eigenvalue weighted by Crippen LogP contribution is 2.24. The second-order valence-corrected chi connectivity index (χ2v) is 5.07. The van der Waals surface area contributed by atoms with Gasteiger partial charge in [-0.25, -0.2) is 0 Å². The number of methoxy groups -OCH3 is 1. The van der Waals surface area contributed by atoms with Crippen molar-refractivity contribution in [1.82, 2.24) is 0 Å². The number of nitrogens with two attached hydrogens (primary N) is 1. The summed E-state index contributed by atoms with van der Waals surface area (Å²) >= 11 is 0. The summed E-state index contributed by atoms with van der Waals surface area (Å²) in [6.07, 6.45) is 1.85. The van der Waals surface area contributed by atoms with Crippen LogP contribution in [0, 0.1) is 0 Å². The van der Waals surface area contributed by atoms with Crippen LogP contribution in [-0.4, -0.2) is 13.7 Å². The molecule has 2 aromatic carbocycles. The molecule has 0 radical (unpaired) electrons. The van der Waals surface area contributed by atoms with Crippen LogP contribution in [0.25, 0.3) is 0 Å². The monoisotopic (exact) mass is 285 g/mol. The highest BCUT2D eigenvalue weighted by molar-refractivity contribution is 5.35. The number of ether oxygens (including phenoxy) is 2. The van der Waals surface area contributed by atoms with E-state index < -0.39 is 0 Å². The van der Waals surface area contributed by atoms with E-state index in [1.165, 1.54) is 5.56 Å². The largest absolute Gasteiger partial charge is 0.457 e. The molecule has 2 rings (SSSR count). The molecule has 3 nitrogen and oxygen atoms in total. The highest BCUT2D eigenvalue weighted by atomic mass is 16.5. The molecule has 2 aromatic rings. The third-order valence-electron chi connectivity index (χ3n) is 3.50. The van der Waals surface area contributed by atoms with Gasteiger partial charge in [-0.1, -0.05) is 31.2 Å². The number of rotatable bonds is 7. The van der Waals surface area contributed by atoms with Crippen molar-refractivity contribution in [2.75, 3.05) is 13.7 Å². The lowest BCUT2D eigenvalue weighted by molar-refractivity contribution is 0.202. The maximum Gasteiger partial charge on any atom is 0.127 e. The summed E-state index contributed by atoms with van der Waals surface area (Å²) in [7, 11) is 1.71. The quantitative estimate of drug-likeness (QED) is 0.833. The molecule has 0 saturated heterocycles. The third kappa shape index (κ3) is 4.59. The van der Waals surface area contributed by atoms with Gasteiger partial charge in [0.25, 0.3) is 0 Å². The molecular formula is C18H23NO2. The molecule has 0 spiro atoms. The summed E-state index contributed by atoms with van der Waals surface area (Å²) in [4.78, 5) is 0. The summed E-state index contributed by atoms with van der Waals surface area (Å²) in [5, 5.41) is 0. The van der Waals surface area contributed by atoms with Crippen LogP contribution in [0.3, 0.4) is 0 Å². The zero-order valence-corrected chi connectivity index (χ0v) is 12.7. The van der Waals surface area contributed by atoms with Crippen LogP contribution in [0.2, 0.25) is 0 Å². The Morgan fingerprint density at radius 3 is 2.05 bits per heavy atom. The third-order valence-corrected chi connectivity index (χ3v) is 3.50. The highest BCUT2D eigenvalue weighted by Gasteiger charge is 2.03. The van der Waals surface area contributed by atoms with E-state index in [1.807, 2.05) is 36.4 Å². The van der Waals surface area contributed by atoms with Crippen LogP contribution in [-0.2, 0) is 11.2 Å². The smallest absolute Gasteiger partial charge is 0.127 e. The Hall–Kier alpha value is -1.84. The van der Waals surface area contributed by atoms with Crippen molar-refractivity contribution in [3.8, 4) is 11.5 Å². The first kappa shape index (κ1) is 15.5. The van der Waals surface area contributed by atoms with Crippen LogP contribution >= 0.6 is 0 Å². The Bertz CT molecular complexity index is 534. The molecule has 0 amide bonds. The molecule has 0 aliphatic heterocycles. The Morgan fingerprint density at radius 1 is 0.952 bits per heavy atom. The SMILES string of the molecule is CC[C@H](N)c1ccc(Oc2ccc(CCOC)cc2)cc1. The van der Waals surface area contributed by atoms with Crippen LogP contribution in [0.4, 0.5) is 0 Å². The molecule has 3 heteroatoms. The van der Waals surface area contributed by atoms with Gasteiger partial charge in [-0.15, -0.1) is 0 Å². The maximum atomic E-state index is 6.00. The van der Waals surface area contributed by atoms with Gasteiger partial charge in [0, 0.05) is 13.2 Å². The van der Waals surface area contributed by atoms with E-state index in [9.17, 15) is 0 Å². The van der Waals surface area contributed by atoms with Crippen molar-refractivity contribution in [3.63, 3.8) is 0 Å². The first-order valence-corrected chi connectivity index (χ1v) is 7.34. The number of hydrogen-bond acceptors (Lipinski definition) is 3. The second kappa shape index (κ2) is 7.81. The van der Waals surface area contributed by atoms with Gasteiger partial charge in [0.1, 0.15) is 11.5 Å². The average Bonchev–Trinajstić information content (AvgIpc) is 2.54. The molecule has 0 aromatic heterocycles. The van der Waals surface area contributed by atoms with Crippen LogP contribution in [0.1, 0.15) is 30.5 Å². The minimum atomic E-state index is 0.0964. The maximum absolute atomic E-state index is 6.00. The Kier molecular flexibility index (Phi) is 5.78. The molecule has 1 atom stereocenters. The molecule has 0 fully saturated rings. The fourth-order valence-corrected chi connectivity index (χ4v) is 2.10. The van der Waals surface area contributed by atoms with Gasteiger partial charge in [0.2, 0.25) is 0 Å². The number of hydrogen-bond donors (Lipinski definition) is 1. The van der Waals surface area contributed by atoms with Crippen molar-refractivity contribution >= 4 is 0 Å². The van der Waals surface area contributed by atoms with Gasteiger partial charge in [-0.3, -0.25) is 0 Å². The molecule has 112 valence electrons. The normalized spacial score (nSPS) is 12.1. The van der Waals surface area contributed by atoms with Crippen molar-refractivity contribution in [2.24, 2.45) is 5.73 Å². The van der Waals surface area contributed by atoms with Crippen molar-refractivity contribution in [1.29, 1.82) is 0 Å². The Balaban J connectivity index is 1.97. The predicted octanol–water partition coefficient (Wildman–Crippen LogP) is 4.08. The molecule has 0 aliphatic carbocycles. The van der Waals surface area contributed by atoms with Gasteiger partial charge >= 0.3 is 0 Å². The molecule has 0 bridgehead atoms.